The van der Waals surface area contributed by atoms with Gasteiger partial charge >= 0.3 is 5.97 Å². The van der Waals surface area contributed by atoms with Crippen LogP contribution in [0.4, 0.5) is 0 Å². The quantitative estimate of drug-likeness (QED) is 0.519. The molecule has 2 aromatic heterocycles. The topological polar surface area (TPSA) is 101 Å². The van der Waals surface area contributed by atoms with Crippen molar-refractivity contribution in [2.45, 2.75) is 31.6 Å². The lowest BCUT2D eigenvalue weighted by Crippen LogP contribution is -2.31. The number of esters is 1. The van der Waals surface area contributed by atoms with Crippen LogP contribution in [0.1, 0.15) is 28.2 Å². The maximum Gasteiger partial charge on any atom is 0.325 e. The highest BCUT2D eigenvalue weighted by Crippen LogP contribution is 2.34. The highest BCUT2D eigenvalue weighted by atomic mass is 32.2. The van der Waals surface area contributed by atoms with Crippen LogP contribution in [0.5, 0.6) is 0 Å². The zero-order chi connectivity index (χ0) is 20.9. The van der Waals surface area contributed by atoms with Gasteiger partial charge in [0.15, 0.2) is 0 Å². The Balaban J connectivity index is 1.21. The summed E-state index contributed by atoms with van der Waals surface area (Å²) >= 11 is 2.93. The third kappa shape index (κ3) is 4.91. The Morgan fingerprint density at radius 2 is 2.07 bits per heavy atom. The Bertz CT molecular complexity index is 1120. The second-order valence-electron chi connectivity index (χ2n) is 6.97. The molecule has 0 saturated carbocycles. The summed E-state index contributed by atoms with van der Waals surface area (Å²) < 4.78 is 5.12. The number of nitrogens with zero attached hydrogens (tertiary/aromatic N) is 1. The summed E-state index contributed by atoms with van der Waals surface area (Å²) in [5.41, 5.74) is 1.95. The summed E-state index contributed by atoms with van der Waals surface area (Å²) in [4.78, 5) is 45.6. The van der Waals surface area contributed by atoms with Crippen molar-refractivity contribution in [2.75, 3.05) is 12.3 Å². The lowest BCUT2D eigenvalue weighted by atomic mass is 10.2. The van der Waals surface area contributed by atoms with E-state index in [4.69, 9.17) is 4.74 Å². The first-order chi connectivity index (χ1) is 14.6. The van der Waals surface area contributed by atoms with E-state index < -0.39 is 5.97 Å². The normalized spacial score (nSPS) is 12.7. The minimum absolute atomic E-state index is 0.0967. The summed E-state index contributed by atoms with van der Waals surface area (Å²) in [5, 5.41) is 3.28. The molecule has 7 nitrogen and oxygen atoms in total. The van der Waals surface area contributed by atoms with Gasteiger partial charge in [-0.15, -0.1) is 23.1 Å². The van der Waals surface area contributed by atoms with Crippen LogP contribution in [0, 0.1) is 0 Å². The Kier molecular flexibility index (Phi) is 6.49. The number of carbonyl (C=O) groups excluding carboxylic acids is 2. The van der Waals surface area contributed by atoms with Gasteiger partial charge in [0.1, 0.15) is 23.8 Å². The minimum atomic E-state index is -0.487. The lowest BCUT2D eigenvalue weighted by Gasteiger charge is -2.07. The van der Waals surface area contributed by atoms with Crippen molar-refractivity contribution in [2.24, 2.45) is 0 Å². The first-order valence-electron chi connectivity index (χ1n) is 9.67. The lowest BCUT2D eigenvalue weighted by molar-refractivity contribution is -0.145. The van der Waals surface area contributed by atoms with Crippen LogP contribution >= 0.6 is 23.1 Å². The van der Waals surface area contributed by atoms with E-state index in [1.165, 1.54) is 16.6 Å². The van der Waals surface area contributed by atoms with Gasteiger partial charge < -0.3 is 15.0 Å². The van der Waals surface area contributed by atoms with E-state index in [0.29, 0.717) is 11.6 Å². The maximum absolute atomic E-state index is 12.4. The molecule has 1 amide bonds. The van der Waals surface area contributed by atoms with E-state index in [-0.39, 0.29) is 30.4 Å². The molecule has 156 valence electrons. The SMILES string of the molecule is O=C(CSCc1nc2sc3c(c2c(=O)[nH]1)CCC3)NCC(=O)OCc1ccccc1. The van der Waals surface area contributed by atoms with E-state index in [1.807, 2.05) is 30.3 Å². The highest BCUT2D eigenvalue weighted by Gasteiger charge is 2.21. The van der Waals surface area contributed by atoms with E-state index in [1.54, 1.807) is 11.3 Å². The minimum Gasteiger partial charge on any atom is -0.460 e. The molecule has 4 rings (SSSR count). The average molecular weight is 444 g/mol. The van der Waals surface area contributed by atoms with Crippen LogP contribution in [-0.2, 0) is 39.5 Å². The summed E-state index contributed by atoms with van der Waals surface area (Å²) in [5.74, 6) is 0.385. The third-order valence-electron chi connectivity index (χ3n) is 4.77. The molecule has 30 heavy (non-hydrogen) atoms. The first-order valence-corrected chi connectivity index (χ1v) is 11.6. The molecule has 1 aliphatic carbocycles. The number of aromatic amines is 1. The number of aromatic nitrogens is 2. The molecule has 0 radical (unpaired) electrons. The fraction of sp³-hybridized carbons (Fsp3) is 0.333. The molecule has 0 spiro atoms. The van der Waals surface area contributed by atoms with Crippen LogP contribution < -0.4 is 10.9 Å². The van der Waals surface area contributed by atoms with Crippen molar-refractivity contribution in [1.29, 1.82) is 0 Å². The fourth-order valence-corrected chi connectivity index (χ4v) is 5.37. The number of fused-ring (bicyclic) bond motifs is 3. The second kappa shape index (κ2) is 9.44. The van der Waals surface area contributed by atoms with Crippen molar-refractivity contribution in [3.8, 4) is 0 Å². The number of hydrogen-bond acceptors (Lipinski definition) is 7. The van der Waals surface area contributed by atoms with Gasteiger partial charge in [-0.25, -0.2) is 4.98 Å². The van der Waals surface area contributed by atoms with Crippen molar-refractivity contribution in [3.05, 3.63) is 62.5 Å². The number of benzene rings is 1. The highest BCUT2D eigenvalue weighted by molar-refractivity contribution is 7.99. The summed E-state index contributed by atoms with van der Waals surface area (Å²) in [7, 11) is 0. The molecule has 1 aliphatic rings. The molecule has 1 aromatic carbocycles. The van der Waals surface area contributed by atoms with Crippen LogP contribution in [0.15, 0.2) is 35.1 Å². The Morgan fingerprint density at radius 1 is 1.23 bits per heavy atom. The average Bonchev–Trinajstić information content (AvgIpc) is 3.32. The Labute approximate surface area is 181 Å². The number of H-pyrrole nitrogens is 1. The maximum atomic E-state index is 12.4. The predicted octanol–water partition coefficient (Wildman–Crippen LogP) is 2.57. The van der Waals surface area contributed by atoms with Crippen LogP contribution in [0.25, 0.3) is 10.2 Å². The van der Waals surface area contributed by atoms with Crippen molar-refractivity contribution in [3.63, 3.8) is 0 Å². The predicted molar refractivity (Wildman–Crippen MR) is 118 cm³/mol. The number of thioether (sulfide) groups is 1. The number of thiophene rings is 1. The molecule has 9 heteroatoms. The molecule has 0 unspecified atom stereocenters. The molecule has 0 aliphatic heterocycles. The Hall–Kier alpha value is -2.65. The van der Waals surface area contributed by atoms with E-state index in [9.17, 15) is 14.4 Å². The van der Waals surface area contributed by atoms with E-state index in [0.717, 1.165) is 40.6 Å². The molecule has 2 N–H and O–H groups in total. The van der Waals surface area contributed by atoms with Crippen molar-refractivity contribution in [1.82, 2.24) is 15.3 Å². The molecule has 2 heterocycles. The number of nitrogens with one attached hydrogen (secondary N) is 2. The van der Waals surface area contributed by atoms with Gasteiger partial charge in [0, 0.05) is 4.88 Å². The zero-order valence-electron chi connectivity index (χ0n) is 16.2. The van der Waals surface area contributed by atoms with Crippen molar-refractivity contribution >= 4 is 45.2 Å². The molecule has 0 saturated heterocycles. The van der Waals surface area contributed by atoms with Crippen LogP contribution in [0.2, 0.25) is 0 Å². The van der Waals surface area contributed by atoms with Gasteiger partial charge in [0.25, 0.3) is 5.56 Å². The number of carbonyl (C=O) groups is 2. The van der Waals surface area contributed by atoms with Gasteiger partial charge in [-0.2, -0.15) is 0 Å². The van der Waals surface area contributed by atoms with Crippen LogP contribution in [-0.4, -0.2) is 34.1 Å². The summed E-state index contributed by atoms with van der Waals surface area (Å²) in [6.45, 7) is 0.00592. The number of ether oxygens (including phenoxy) is 1. The summed E-state index contributed by atoms with van der Waals surface area (Å²) in [6.07, 6.45) is 3.07. The molecular formula is C21H21N3O4S2. The molecule has 0 atom stereocenters. The number of amides is 1. The second-order valence-corrected chi connectivity index (χ2v) is 9.04. The molecule has 3 aromatic rings. The van der Waals surface area contributed by atoms with Gasteiger partial charge in [-0.1, -0.05) is 30.3 Å². The van der Waals surface area contributed by atoms with Gasteiger partial charge in [-0.3, -0.25) is 14.4 Å². The zero-order valence-corrected chi connectivity index (χ0v) is 17.9. The van der Waals surface area contributed by atoms with Gasteiger partial charge in [-0.05, 0) is 30.4 Å². The number of aryl methyl sites for hydroxylation is 2. The van der Waals surface area contributed by atoms with E-state index >= 15 is 0 Å². The third-order valence-corrected chi connectivity index (χ3v) is 6.90. The fourth-order valence-electron chi connectivity index (χ4n) is 3.37. The molecule has 0 fully saturated rings. The van der Waals surface area contributed by atoms with E-state index in [2.05, 4.69) is 15.3 Å². The Morgan fingerprint density at radius 3 is 2.90 bits per heavy atom. The monoisotopic (exact) mass is 443 g/mol. The van der Waals surface area contributed by atoms with Crippen LogP contribution in [0.3, 0.4) is 0 Å². The smallest absolute Gasteiger partial charge is 0.325 e. The molecular weight excluding hydrogens is 422 g/mol. The number of hydrogen-bond donors (Lipinski definition) is 2. The van der Waals surface area contributed by atoms with Gasteiger partial charge in [0.2, 0.25) is 5.91 Å². The largest absolute Gasteiger partial charge is 0.460 e. The first kappa shape index (κ1) is 20.6. The number of rotatable bonds is 8. The molecule has 0 bridgehead atoms. The standard InChI is InChI=1S/C21H21N3O4S2/c25-17(22-9-18(26)28-10-13-5-2-1-3-6-13)12-29-11-16-23-20(27)19-14-7-4-8-15(14)30-21(19)24-16/h1-3,5-6H,4,7-12H2,(H,22,25)(H,23,24,27). The van der Waals surface area contributed by atoms with Gasteiger partial charge in [0.05, 0.1) is 16.9 Å². The van der Waals surface area contributed by atoms with Crippen molar-refractivity contribution < 1.29 is 14.3 Å². The summed E-state index contributed by atoms with van der Waals surface area (Å²) in [6, 6.07) is 9.35.